The Kier molecular flexibility index (Phi) is 5.63. The quantitative estimate of drug-likeness (QED) is 0.576. The van der Waals surface area contributed by atoms with E-state index >= 15 is 0 Å². The standard InChI is InChI=1S/C16H16Cl2FN3/c1-3-22(2)10-20-15-8-12(18)16(9-11(15)17)21-14-7-5-4-6-13(14)19/h4-10,21H,3H2,1-2H3/b20-10-. The van der Waals surface area contributed by atoms with E-state index in [-0.39, 0.29) is 5.82 Å². The molecule has 116 valence electrons. The molecule has 0 aliphatic carbocycles. The van der Waals surface area contributed by atoms with Gasteiger partial charge in [-0.2, -0.15) is 0 Å². The Bertz CT molecular complexity index is 689. The Morgan fingerprint density at radius 1 is 1.18 bits per heavy atom. The molecule has 1 N–H and O–H groups in total. The molecule has 0 aliphatic heterocycles. The molecule has 22 heavy (non-hydrogen) atoms. The van der Waals surface area contributed by atoms with Gasteiger partial charge in [-0.25, -0.2) is 9.38 Å². The number of nitrogens with one attached hydrogen (secondary N) is 1. The van der Waals surface area contributed by atoms with Gasteiger partial charge in [0.15, 0.2) is 0 Å². The minimum atomic E-state index is -0.360. The van der Waals surface area contributed by atoms with E-state index in [9.17, 15) is 4.39 Å². The summed E-state index contributed by atoms with van der Waals surface area (Å²) in [4.78, 5) is 6.20. The van der Waals surface area contributed by atoms with Crippen LogP contribution in [0.15, 0.2) is 41.4 Å². The second kappa shape index (κ2) is 7.47. The highest BCUT2D eigenvalue weighted by Crippen LogP contribution is 2.36. The summed E-state index contributed by atoms with van der Waals surface area (Å²) in [6.45, 7) is 2.85. The topological polar surface area (TPSA) is 27.6 Å². The van der Waals surface area contributed by atoms with Crippen LogP contribution in [0.25, 0.3) is 0 Å². The first-order chi connectivity index (χ1) is 10.5. The van der Waals surface area contributed by atoms with Gasteiger partial charge in [0.1, 0.15) is 5.82 Å². The van der Waals surface area contributed by atoms with Crippen molar-refractivity contribution in [3.63, 3.8) is 0 Å². The van der Waals surface area contributed by atoms with Crippen LogP contribution in [0.3, 0.4) is 0 Å². The maximum absolute atomic E-state index is 13.7. The number of benzene rings is 2. The average molecular weight is 340 g/mol. The van der Waals surface area contributed by atoms with E-state index in [2.05, 4.69) is 10.3 Å². The Balaban J connectivity index is 2.27. The summed E-state index contributed by atoms with van der Waals surface area (Å²) in [5.41, 5.74) is 1.42. The van der Waals surface area contributed by atoms with Gasteiger partial charge in [0.05, 0.1) is 33.4 Å². The van der Waals surface area contributed by atoms with Crippen LogP contribution in [0.2, 0.25) is 10.0 Å². The minimum absolute atomic E-state index is 0.336. The van der Waals surface area contributed by atoms with Crippen LogP contribution in [0.4, 0.5) is 21.5 Å². The Labute approximate surface area is 139 Å². The number of anilines is 2. The second-order valence-electron chi connectivity index (χ2n) is 4.71. The molecule has 2 rings (SSSR count). The monoisotopic (exact) mass is 339 g/mol. The number of nitrogens with zero attached hydrogens (tertiary/aromatic N) is 2. The number of aliphatic imine (C=N–C) groups is 1. The Morgan fingerprint density at radius 3 is 2.59 bits per heavy atom. The highest BCUT2D eigenvalue weighted by molar-refractivity contribution is 6.37. The molecule has 0 heterocycles. The van der Waals surface area contributed by atoms with Gasteiger partial charge in [0.25, 0.3) is 0 Å². The summed E-state index contributed by atoms with van der Waals surface area (Å²) in [5.74, 6) is -0.360. The fraction of sp³-hybridized carbons (Fsp3) is 0.188. The lowest BCUT2D eigenvalue weighted by Gasteiger charge is -2.12. The normalized spacial score (nSPS) is 11.0. The molecule has 0 fully saturated rings. The zero-order chi connectivity index (χ0) is 16.1. The van der Waals surface area contributed by atoms with Crippen molar-refractivity contribution in [2.24, 2.45) is 4.99 Å². The summed E-state index contributed by atoms with van der Waals surface area (Å²) in [5, 5.41) is 3.78. The van der Waals surface area contributed by atoms with E-state index < -0.39 is 0 Å². The molecule has 0 atom stereocenters. The highest BCUT2D eigenvalue weighted by atomic mass is 35.5. The van der Waals surface area contributed by atoms with Crippen LogP contribution in [0, 0.1) is 5.82 Å². The van der Waals surface area contributed by atoms with Crippen molar-refractivity contribution < 1.29 is 4.39 Å². The van der Waals surface area contributed by atoms with E-state index in [1.54, 1.807) is 36.7 Å². The van der Waals surface area contributed by atoms with Crippen molar-refractivity contribution in [3.8, 4) is 0 Å². The van der Waals surface area contributed by atoms with Crippen LogP contribution < -0.4 is 5.32 Å². The third kappa shape index (κ3) is 4.12. The summed E-state index contributed by atoms with van der Waals surface area (Å²) >= 11 is 12.4. The Morgan fingerprint density at radius 2 is 1.91 bits per heavy atom. The molecule has 0 spiro atoms. The molecule has 0 aromatic heterocycles. The first-order valence-electron chi connectivity index (χ1n) is 6.76. The van der Waals surface area contributed by atoms with E-state index in [0.29, 0.717) is 27.1 Å². The molecular formula is C16H16Cl2FN3. The van der Waals surface area contributed by atoms with Gasteiger partial charge < -0.3 is 10.2 Å². The highest BCUT2D eigenvalue weighted by Gasteiger charge is 2.09. The van der Waals surface area contributed by atoms with Crippen LogP contribution in [-0.2, 0) is 0 Å². The number of rotatable bonds is 5. The molecule has 0 unspecified atom stereocenters. The first kappa shape index (κ1) is 16.6. The molecule has 0 bridgehead atoms. The third-order valence-corrected chi connectivity index (χ3v) is 3.69. The van der Waals surface area contributed by atoms with Crippen molar-refractivity contribution in [3.05, 3.63) is 52.3 Å². The van der Waals surface area contributed by atoms with Crippen LogP contribution in [-0.4, -0.2) is 24.8 Å². The molecular weight excluding hydrogens is 324 g/mol. The molecule has 2 aromatic rings. The van der Waals surface area contributed by atoms with Crippen molar-refractivity contribution in [1.29, 1.82) is 0 Å². The van der Waals surface area contributed by atoms with Gasteiger partial charge in [-0.15, -0.1) is 0 Å². The van der Waals surface area contributed by atoms with Crippen molar-refractivity contribution in [2.45, 2.75) is 6.92 Å². The molecule has 2 aromatic carbocycles. The van der Waals surface area contributed by atoms with E-state index in [4.69, 9.17) is 23.2 Å². The lowest BCUT2D eigenvalue weighted by molar-refractivity contribution is 0.552. The largest absolute Gasteiger partial charge is 0.366 e. The molecule has 6 heteroatoms. The predicted molar refractivity (Wildman–Crippen MR) is 92.6 cm³/mol. The minimum Gasteiger partial charge on any atom is -0.366 e. The number of hydrogen-bond acceptors (Lipinski definition) is 2. The molecule has 0 aliphatic rings. The SMILES string of the molecule is CCN(C)/C=N\c1cc(Cl)c(Nc2ccccc2F)cc1Cl. The number of para-hydroxylation sites is 1. The van der Waals surface area contributed by atoms with Gasteiger partial charge in [-0.05, 0) is 31.2 Å². The van der Waals surface area contributed by atoms with Crippen LogP contribution in [0.5, 0.6) is 0 Å². The fourth-order valence-electron chi connectivity index (χ4n) is 1.68. The number of halogens is 3. The third-order valence-electron chi connectivity index (χ3n) is 3.07. The summed E-state index contributed by atoms with van der Waals surface area (Å²) in [6, 6.07) is 9.64. The van der Waals surface area contributed by atoms with Gasteiger partial charge in [-0.1, -0.05) is 35.3 Å². The van der Waals surface area contributed by atoms with Crippen LogP contribution in [0.1, 0.15) is 6.92 Å². The second-order valence-corrected chi connectivity index (χ2v) is 5.52. The molecule has 0 amide bonds. The first-order valence-corrected chi connectivity index (χ1v) is 7.52. The number of hydrogen-bond donors (Lipinski definition) is 1. The lowest BCUT2D eigenvalue weighted by Crippen LogP contribution is -2.14. The maximum Gasteiger partial charge on any atom is 0.146 e. The van der Waals surface area contributed by atoms with Gasteiger partial charge in [0.2, 0.25) is 0 Å². The summed E-state index contributed by atoms with van der Waals surface area (Å²) < 4.78 is 13.7. The summed E-state index contributed by atoms with van der Waals surface area (Å²) in [6.07, 6.45) is 1.68. The average Bonchev–Trinajstić information content (AvgIpc) is 2.51. The molecule has 0 radical (unpaired) electrons. The van der Waals surface area contributed by atoms with E-state index in [0.717, 1.165) is 6.54 Å². The molecule has 0 saturated carbocycles. The Hall–Kier alpha value is -1.78. The van der Waals surface area contributed by atoms with Gasteiger partial charge in [0, 0.05) is 13.6 Å². The van der Waals surface area contributed by atoms with E-state index in [1.807, 2.05) is 18.9 Å². The summed E-state index contributed by atoms with van der Waals surface area (Å²) in [7, 11) is 1.91. The van der Waals surface area contributed by atoms with Gasteiger partial charge in [-0.3, -0.25) is 0 Å². The van der Waals surface area contributed by atoms with E-state index in [1.165, 1.54) is 6.07 Å². The zero-order valence-electron chi connectivity index (χ0n) is 12.3. The maximum atomic E-state index is 13.7. The smallest absolute Gasteiger partial charge is 0.146 e. The van der Waals surface area contributed by atoms with Crippen LogP contribution >= 0.6 is 23.2 Å². The lowest BCUT2D eigenvalue weighted by atomic mass is 10.2. The molecule has 0 saturated heterocycles. The predicted octanol–water partition coefficient (Wildman–Crippen LogP) is 5.49. The van der Waals surface area contributed by atoms with Gasteiger partial charge >= 0.3 is 0 Å². The fourth-order valence-corrected chi connectivity index (χ4v) is 2.10. The molecule has 3 nitrogen and oxygen atoms in total. The van der Waals surface area contributed by atoms with Crippen molar-refractivity contribution >= 4 is 46.6 Å². The van der Waals surface area contributed by atoms with Crippen molar-refractivity contribution in [1.82, 2.24) is 4.90 Å². The van der Waals surface area contributed by atoms with Crippen molar-refractivity contribution in [2.75, 3.05) is 18.9 Å². The zero-order valence-corrected chi connectivity index (χ0v) is 13.8.